The first-order valence-corrected chi connectivity index (χ1v) is 9.17. The van der Waals surface area contributed by atoms with E-state index in [2.05, 4.69) is 98.6 Å². The van der Waals surface area contributed by atoms with Crippen LogP contribution >= 0.6 is 0 Å². The lowest BCUT2D eigenvalue weighted by atomic mass is 9.97. The third-order valence-electron chi connectivity index (χ3n) is 4.46. The van der Waals surface area contributed by atoms with Gasteiger partial charge in [-0.15, -0.1) is 0 Å². The lowest BCUT2D eigenvalue weighted by molar-refractivity contribution is 1.45. The first-order valence-electron chi connectivity index (χ1n) is 9.17. The van der Waals surface area contributed by atoms with Crippen LogP contribution < -0.4 is 5.32 Å². The maximum Gasteiger partial charge on any atom is 0.0460 e. The van der Waals surface area contributed by atoms with Gasteiger partial charge in [-0.3, -0.25) is 0 Å². The van der Waals surface area contributed by atoms with Crippen molar-refractivity contribution < 1.29 is 0 Å². The van der Waals surface area contributed by atoms with E-state index in [1.165, 1.54) is 22.3 Å². The van der Waals surface area contributed by atoms with Crippen LogP contribution in [0.2, 0.25) is 0 Å². The van der Waals surface area contributed by atoms with Gasteiger partial charge in [0.25, 0.3) is 0 Å². The van der Waals surface area contributed by atoms with Crippen molar-refractivity contribution in [3.63, 3.8) is 0 Å². The normalized spacial score (nSPS) is 11.9. The zero-order valence-electron chi connectivity index (χ0n) is 15.9. The molecule has 0 heterocycles. The first-order chi connectivity index (χ1) is 13.2. The van der Waals surface area contributed by atoms with Gasteiger partial charge in [-0.25, -0.2) is 0 Å². The molecule has 0 saturated carbocycles. The van der Waals surface area contributed by atoms with Crippen LogP contribution in [0.3, 0.4) is 0 Å². The summed E-state index contributed by atoms with van der Waals surface area (Å²) in [6.07, 6.45) is 6.12. The number of allylic oxidation sites excluding steroid dienone is 5. The minimum atomic E-state index is 1.08. The van der Waals surface area contributed by atoms with Crippen molar-refractivity contribution in [3.8, 4) is 0 Å². The van der Waals surface area contributed by atoms with E-state index in [0.717, 1.165) is 16.9 Å². The molecule has 0 atom stereocenters. The summed E-state index contributed by atoms with van der Waals surface area (Å²) < 4.78 is 0. The van der Waals surface area contributed by atoms with Crippen LogP contribution in [0.1, 0.15) is 23.6 Å². The Kier molecular flexibility index (Phi) is 6.06. The Balaban J connectivity index is 1.96. The molecular formula is C26H25N. The minimum absolute atomic E-state index is 1.08. The van der Waals surface area contributed by atoms with E-state index in [1.807, 2.05) is 24.3 Å². The third-order valence-corrected chi connectivity index (χ3v) is 4.46. The monoisotopic (exact) mass is 351 g/mol. The van der Waals surface area contributed by atoms with Crippen molar-refractivity contribution in [2.75, 3.05) is 5.32 Å². The van der Waals surface area contributed by atoms with Gasteiger partial charge in [0.15, 0.2) is 0 Å². The quantitative estimate of drug-likeness (QED) is 0.456. The van der Waals surface area contributed by atoms with E-state index in [0.29, 0.717) is 0 Å². The van der Waals surface area contributed by atoms with Gasteiger partial charge in [-0.1, -0.05) is 91.0 Å². The van der Waals surface area contributed by atoms with Crippen LogP contribution in [0.25, 0.3) is 11.1 Å². The fourth-order valence-corrected chi connectivity index (χ4v) is 3.02. The van der Waals surface area contributed by atoms with Gasteiger partial charge in [0.1, 0.15) is 0 Å². The summed E-state index contributed by atoms with van der Waals surface area (Å²) in [5.74, 6) is 0. The molecule has 0 radical (unpaired) electrons. The van der Waals surface area contributed by atoms with Crippen LogP contribution in [-0.4, -0.2) is 0 Å². The summed E-state index contributed by atoms with van der Waals surface area (Å²) in [5.41, 5.74) is 8.16. The summed E-state index contributed by atoms with van der Waals surface area (Å²) in [6, 6.07) is 27.2. The largest absolute Gasteiger partial charge is 0.355 e. The average molecular weight is 351 g/mol. The smallest absolute Gasteiger partial charge is 0.0460 e. The number of hydrogen-bond donors (Lipinski definition) is 1. The Morgan fingerprint density at radius 2 is 1.52 bits per heavy atom. The number of anilines is 2. The standard InChI is InChI=1S/C26H25N/c1-4-10-23(22-17-15-20(2)16-18-22)19-21(3)25-13-8-9-14-26(25)27-24-11-6-5-7-12-24/h4-19,27H,1H2,2-3H3/b21-19+,23-10+. The van der Waals surface area contributed by atoms with Gasteiger partial charge in [-0.05, 0) is 48.8 Å². The number of para-hydroxylation sites is 2. The van der Waals surface area contributed by atoms with E-state index in [1.54, 1.807) is 0 Å². The molecule has 0 aliphatic heterocycles. The number of nitrogens with one attached hydrogen (secondary N) is 1. The first kappa shape index (κ1) is 18.5. The van der Waals surface area contributed by atoms with Crippen molar-refractivity contribution in [2.45, 2.75) is 13.8 Å². The molecule has 0 aromatic heterocycles. The third kappa shape index (κ3) is 4.86. The van der Waals surface area contributed by atoms with Gasteiger partial charge < -0.3 is 5.32 Å². The molecule has 1 nitrogen and oxygen atoms in total. The average Bonchev–Trinajstić information content (AvgIpc) is 2.69. The molecule has 1 N–H and O–H groups in total. The highest BCUT2D eigenvalue weighted by molar-refractivity contribution is 5.87. The summed E-state index contributed by atoms with van der Waals surface area (Å²) in [6.45, 7) is 8.13. The highest BCUT2D eigenvalue weighted by Crippen LogP contribution is 2.29. The number of hydrogen-bond acceptors (Lipinski definition) is 1. The summed E-state index contributed by atoms with van der Waals surface area (Å²) >= 11 is 0. The number of rotatable bonds is 6. The second kappa shape index (κ2) is 8.86. The van der Waals surface area contributed by atoms with E-state index >= 15 is 0 Å². The lowest BCUT2D eigenvalue weighted by Crippen LogP contribution is -1.95. The molecule has 3 aromatic rings. The fraction of sp³-hybridized carbons (Fsp3) is 0.0769. The zero-order valence-corrected chi connectivity index (χ0v) is 15.9. The maximum atomic E-state index is 3.88. The van der Waals surface area contributed by atoms with Gasteiger partial charge in [0.2, 0.25) is 0 Å². The molecule has 0 unspecified atom stereocenters. The van der Waals surface area contributed by atoms with Gasteiger partial charge in [-0.2, -0.15) is 0 Å². The molecule has 1 heteroatoms. The minimum Gasteiger partial charge on any atom is -0.355 e. The Bertz CT molecular complexity index is 961. The number of benzene rings is 3. The topological polar surface area (TPSA) is 12.0 Å². The van der Waals surface area contributed by atoms with Crippen LogP contribution in [0.4, 0.5) is 11.4 Å². The second-order valence-corrected chi connectivity index (χ2v) is 6.59. The molecule has 0 bridgehead atoms. The van der Waals surface area contributed by atoms with Crippen LogP contribution in [0.15, 0.2) is 104 Å². The highest BCUT2D eigenvalue weighted by Gasteiger charge is 2.06. The summed E-state index contributed by atoms with van der Waals surface area (Å²) in [7, 11) is 0. The van der Waals surface area contributed by atoms with Crippen LogP contribution in [-0.2, 0) is 0 Å². The predicted molar refractivity (Wildman–Crippen MR) is 119 cm³/mol. The van der Waals surface area contributed by atoms with Crippen molar-refractivity contribution in [1.82, 2.24) is 0 Å². The number of aryl methyl sites for hydroxylation is 1. The zero-order chi connectivity index (χ0) is 19.1. The molecule has 3 rings (SSSR count). The van der Waals surface area contributed by atoms with E-state index in [9.17, 15) is 0 Å². The van der Waals surface area contributed by atoms with E-state index in [-0.39, 0.29) is 0 Å². The Hall–Kier alpha value is -3.32. The molecule has 0 spiro atoms. The SMILES string of the molecule is C=C/C=C(\C=C(/C)c1ccccc1Nc1ccccc1)c1ccc(C)cc1. The molecular weight excluding hydrogens is 326 g/mol. The molecule has 0 saturated heterocycles. The Morgan fingerprint density at radius 1 is 0.852 bits per heavy atom. The molecule has 27 heavy (non-hydrogen) atoms. The van der Waals surface area contributed by atoms with Crippen molar-refractivity contribution in [1.29, 1.82) is 0 Å². The Morgan fingerprint density at radius 3 is 2.22 bits per heavy atom. The highest BCUT2D eigenvalue weighted by atomic mass is 14.9. The van der Waals surface area contributed by atoms with Crippen LogP contribution in [0, 0.1) is 6.92 Å². The van der Waals surface area contributed by atoms with E-state index < -0.39 is 0 Å². The molecule has 0 amide bonds. The van der Waals surface area contributed by atoms with Gasteiger partial charge in [0, 0.05) is 16.9 Å². The molecule has 134 valence electrons. The van der Waals surface area contributed by atoms with Gasteiger partial charge >= 0.3 is 0 Å². The van der Waals surface area contributed by atoms with E-state index in [4.69, 9.17) is 0 Å². The van der Waals surface area contributed by atoms with Crippen molar-refractivity contribution in [2.24, 2.45) is 0 Å². The predicted octanol–water partition coefficient (Wildman–Crippen LogP) is 7.41. The molecule has 3 aromatic carbocycles. The fourth-order valence-electron chi connectivity index (χ4n) is 3.02. The Labute approximate surface area is 162 Å². The summed E-state index contributed by atoms with van der Waals surface area (Å²) in [5, 5.41) is 3.53. The van der Waals surface area contributed by atoms with Crippen molar-refractivity contribution in [3.05, 3.63) is 120 Å². The molecule has 0 fully saturated rings. The lowest BCUT2D eigenvalue weighted by Gasteiger charge is -2.13. The van der Waals surface area contributed by atoms with Gasteiger partial charge in [0.05, 0.1) is 0 Å². The summed E-state index contributed by atoms with van der Waals surface area (Å²) in [4.78, 5) is 0. The maximum absolute atomic E-state index is 3.88. The van der Waals surface area contributed by atoms with Crippen molar-refractivity contribution >= 4 is 22.5 Å². The molecule has 0 aliphatic rings. The molecule has 0 aliphatic carbocycles. The van der Waals surface area contributed by atoms with Crippen LogP contribution in [0.5, 0.6) is 0 Å². The second-order valence-electron chi connectivity index (χ2n) is 6.59.